The maximum atomic E-state index is 13.8. The number of aromatic nitrogens is 2. The Balaban J connectivity index is 1.43. The Kier molecular flexibility index (Phi) is 7.27. The summed E-state index contributed by atoms with van der Waals surface area (Å²) in [5, 5.41) is 6.09. The van der Waals surface area contributed by atoms with Gasteiger partial charge in [0.2, 0.25) is 0 Å². The molecule has 2 aromatic heterocycles. The fourth-order valence-electron chi connectivity index (χ4n) is 4.27. The molecule has 0 radical (unpaired) electrons. The summed E-state index contributed by atoms with van der Waals surface area (Å²) in [5.74, 6) is -0.199. The van der Waals surface area contributed by atoms with Crippen LogP contribution in [0, 0.1) is 6.92 Å². The maximum absolute atomic E-state index is 13.8. The summed E-state index contributed by atoms with van der Waals surface area (Å²) in [4.78, 5) is 33.3. The Morgan fingerprint density at radius 3 is 2.61 bits per heavy atom. The van der Waals surface area contributed by atoms with E-state index in [-0.39, 0.29) is 17.2 Å². The van der Waals surface area contributed by atoms with E-state index in [4.69, 9.17) is 16.6 Å². The molecule has 184 valence electrons. The van der Waals surface area contributed by atoms with Crippen LogP contribution in [-0.2, 0) is 17.6 Å². The largest absolute Gasteiger partial charge is 0.272 e. The molecule has 36 heavy (non-hydrogen) atoms. The first-order chi connectivity index (χ1) is 17.4. The summed E-state index contributed by atoms with van der Waals surface area (Å²) in [6.07, 6.45) is 4.15. The predicted octanol–water partition coefficient (Wildman–Crippen LogP) is 5.92. The molecule has 4 aromatic rings. The molecule has 2 heterocycles. The van der Waals surface area contributed by atoms with Crippen LogP contribution in [0.4, 0.5) is 0 Å². The van der Waals surface area contributed by atoms with E-state index in [9.17, 15) is 9.59 Å². The Hall–Kier alpha value is -2.94. The summed E-state index contributed by atoms with van der Waals surface area (Å²) in [5.41, 5.74) is 7.09. The van der Waals surface area contributed by atoms with Gasteiger partial charge in [0.25, 0.3) is 11.5 Å². The van der Waals surface area contributed by atoms with Gasteiger partial charge in [-0.05, 0) is 74.9 Å². The summed E-state index contributed by atoms with van der Waals surface area (Å²) in [6, 6.07) is 15.1. The highest BCUT2D eigenvalue weighted by molar-refractivity contribution is 7.99. The van der Waals surface area contributed by atoms with E-state index in [0.717, 1.165) is 58.3 Å². The van der Waals surface area contributed by atoms with Crippen LogP contribution >= 0.6 is 34.7 Å². The third kappa shape index (κ3) is 5.12. The van der Waals surface area contributed by atoms with E-state index in [0.29, 0.717) is 15.9 Å². The van der Waals surface area contributed by atoms with E-state index in [2.05, 4.69) is 10.5 Å². The average molecular weight is 537 g/mol. The molecule has 1 N–H and O–H groups in total. The Labute approximate surface area is 222 Å². The molecule has 1 aliphatic carbocycles. The van der Waals surface area contributed by atoms with Crippen molar-refractivity contribution in [2.75, 3.05) is 5.75 Å². The number of hydrazone groups is 1. The van der Waals surface area contributed by atoms with Crippen LogP contribution in [0.2, 0.25) is 5.02 Å². The molecule has 2 aromatic carbocycles. The molecule has 0 unspecified atom stereocenters. The van der Waals surface area contributed by atoms with E-state index < -0.39 is 0 Å². The zero-order valence-corrected chi connectivity index (χ0v) is 22.4. The highest BCUT2D eigenvalue weighted by Crippen LogP contribution is 2.35. The molecule has 0 atom stereocenters. The van der Waals surface area contributed by atoms with Gasteiger partial charge >= 0.3 is 0 Å². The van der Waals surface area contributed by atoms with Crippen molar-refractivity contribution in [3.63, 3.8) is 0 Å². The van der Waals surface area contributed by atoms with Crippen molar-refractivity contribution in [3.05, 3.63) is 85.5 Å². The van der Waals surface area contributed by atoms with Crippen molar-refractivity contribution in [1.29, 1.82) is 0 Å². The van der Waals surface area contributed by atoms with Crippen LogP contribution in [0.15, 0.2) is 63.6 Å². The summed E-state index contributed by atoms with van der Waals surface area (Å²) < 4.78 is 1.64. The Morgan fingerprint density at radius 2 is 1.86 bits per heavy atom. The van der Waals surface area contributed by atoms with Gasteiger partial charge in [-0.15, -0.1) is 11.3 Å². The molecule has 6 nitrogen and oxygen atoms in total. The number of halogens is 1. The van der Waals surface area contributed by atoms with Gasteiger partial charge in [0.15, 0.2) is 5.16 Å². The predicted molar refractivity (Wildman–Crippen MR) is 149 cm³/mol. The van der Waals surface area contributed by atoms with Gasteiger partial charge in [-0.1, -0.05) is 53.2 Å². The second-order valence-electron chi connectivity index (χ2n) is 8.79. The molecular weight excluding hydrogens is 512 g/mol. The molecule has 5 rings (SSSR count). The number of thiophene rings is 1. The second-order valence-corrected chi connectivity index (χ2v) is 11.3. The quantitative estimate of drug-likeness (QED) is 0.144. The van der Waals surface area contributed by atoms with Crippen molar-refractivity contribution in [3.8, 4) is 5.69 Å². The van der Waals surface area contributed by atoms with Gasteiger partial charge in [-0.3, -0.25) is 14.2 Å². The topological polar surface area (TPSA) is 76.3 Å². The second kappa shape index (κ2) is 10.6. The molecule has 0 saturated heterocycles. The molecule has 1 aliphatic rings. The van der Waals surface area contributed by atoms with Crippen LogP contribution < -0.4 is 11.0 Å². The van der Waals surface area contributed by atoms with Gasteiger partial charge < -0.3 is 0 Å². The van der Waals surface area contributed by atoms with Crippen molar-refractivity contribution in [1.82, 2.24) is 15.0 Å². The van der Waals surface area contributed by atoms with Crippen LogP contribution in [-0.4, -0.2) is 26.9 Å². The van der Waals surface area contributed by atoms with Crippen molar-refractivity contribution in [2.45, 2.75) is 44.7 Å². The number of hydrogen-bond acceptors (Lipinski definition) is 6. The number of thioether (sulfide) groups is 1. The van der Waals surface area contributed by atoms with Gasteiger partial charge in [-0.2, -0.15) is 5.10 Å². The number of hydrogen-bond donors (Lipinski definition) is 1. The lowest BCUT2D eigenvalue weighted by atomic mass is 9.97. The third-order valence-electron chi connectivity index (χ3n) is 6.19. The van der Waals surface area contributed by atoms with Crippen molar-refractivity contribution < 1.29 is 4.79 Å². The summed E-state index contributed by atoms with van der Waals surface area (Å²) in [7, 11) is 0. The molecule has 0 fully saturated rings. The summed E-state index contributed by atoms with van der Waals surface area (Å²) in [6.45, 7) is 3.83. The Bertz CT molecular complexity index is 1520. The summed E-state index contributed by atoms with van der Waals surface area (Å²) >= 11 is 8.79. The standard InChI is InChI=1S/C27H25ClN4O2S2/c1-16-7-13-20(14-8-16)32-26(34)24-21-5-3-4-6-22(21)36-25(24)29-27(32)35-15-23(33)31-30-17(2)18-9-11-19(28)12-10-18/h7-14H,3-6,15H2,1-2H3,(H,31,33). The molecule has 0 aliphatic heterocycles. The lowest BCUT2D eigenvalue weighted by molar-refractivity contribution is -0.118. The first-order valence-electron chi connectivity index (χ1n) is 11.8. The minimum absolute atomic E-state index is 0.0669. The molecular formula is C27H25ClN4O2S2. The zero-order valence-electron chi connectivity index (χ0n) is 20.0. The fraction of sp³-hybridized carbons (Fsp3) is 0.259. The lowest BCUT2D eigenvalue weighted by Crippen LogP contribution is -2.24. The molecule has 1 amide bonds. The van der Waals surface area contributed by atoms with E-state index in [1.807, 2.05) is 50.2 Å². The van der Waals surface area contributed by atoms with Crippen molar-refractivity contribution in [2.24, 2.45) is 5.10 Å². The Morgan fingerprint density at radius 1 is 1.14 bits per heavy atom. The average Bonchev–Trinajstić information content (AvgIpc) is 3.26. The number of fused-ring (bicyclic) bond motifs is 3. The van der Waals surface area contributed by atoms with E-state index in [1.165, 1.54) is 16.6 Å². The number of aryl methyl sites for hydroxylation is 3. The number of nitrogens with zero attached hydrogens (tertiary/aromatic N) is 3. The number of carbonyl (C=O) groups excluding carboxylic acids is 1. The normalized spacial score (nSPS) is 13.6. The third-order valence-corrected chi connectivity index (χ3v) is 8.57. The fourth-order valence-corrected chi connectivity index (χ4v) is 6.50. The number of benzene rings is 2. The number of nitrogens with one attached hydrogen (secondary N) is 1. The monoisotopic (exact) mass is 536 g/mol. The zero-order chi connectivity index (χ0) is 25.2. The van der Waals surface area contributed by atoms with Crippen LogP contribution in [0.3, 0.4) is 0 Å². The molecule has 0 spiro atoms. The van der Waals surface area contributed by atoms with Crippen LogP contribution in [0.25, 0.3) is 15.9 Å². The van der Waals surface area contributed by atoms with Gasteiger partial charge in [0.1, 0.15) is 4.83 Å². The molecule has 0 saturated carbocycles. The highest BCUT2D eigenvalue weighted by atomic mass is 35.5. The SMILES string of the molecule is CC(=NNC(=O)CSc1nc2sc3c(c2c(=O)n1-c1ccc(C)cc1)CCCC3)c1ccc(Cl)cc1. The number of carbonyl (C=O) groups is 1. The van der Waals surface area contributed by atoms with Crippen molar-refractivity contribution >= 4 is 56.5 Å². The molecule has 9 heteroatoms. The minimum atomic E-state index is -0.274. The number of amides is 1. The maximum Gasteiger partial charge on any atom is 0.267 e. The van der Waals surface area contributed by atoms with Gasteiger partial charge in [-0.25, -0.2) is 10.4 Å². The van der Waals surface area contributed by atoms with Crippen LogP contribution in [0.1, 0.15) is 41.3 Å². The van der Waals surface area contributed by atoms with Gasteiger partial charge in [0.05, 0.1) is 22.5 Å². The van der Waals surface area contributed by atoms with Gasteiger partial charge in [0, 0.05) is 9.90 Å². The van der Waals surface area contributed by atoms with Crippen LogP contribution in [0.5, 0.6) is 0 Å². The first kappa shape index (κ1) is 24.7. The highest BCUT2D eigenvalue weighted by Gasteiger charge is 2.23. The molecule has 0 bridgehead atoms. The lowest BCUT2D eigenvalue weighted by Gasteiger charge is -2.13. The van der Waals surface area contributed by atoms with E-state index >= 15 is 0 Å². The minimum Gasteiger partial charge on any atom is -0.272 e. The first-order valence-corrected chi connectivity index (χ1v) is 13.9. The smallest absolute Gasteiger partial charge is 0.267 e. The number of rotatable bonds is 6. The van der Waals surface area contributed by atoms with E-state index in [1.54, 1.807) is 28.0 Å².